The summed E-state index contributed by atoms with van der Waals surface area (Å²) in [5.74, 6) is 0.949. The first-order valence-corrected chi connectivity index (χ1v) is 7.29. The van der Waals surface area contributed by atoms with Gasteiger partial charge in [0.1, 0.15) is 5.75 Å². The van der Waals surface area contributed by atoms with E-state index in [0.29, 0.717) is 39.2 Å². The number of piperazine rings is 1. The molecule has 1 aromatic rings. The zero-order chi connectivity index (χ0) is 15.2. The van der Waals surface area contributed by atoms with Gasteiger partial charge in [0, 0.05) is 33.1 Å². The molecular weight excluding hydrogens is 268 g/mol. The minimum atomic E-state index is 0.0739. The van der Waals surface area contributed by atoms with E-state index < -0.39 is 0 Å². The summed E-state index contributed by atoms with van der Waals surface area (Å²) in [5, 5.41) is 0. The first kappa shape index (κ1) is 15.4. The molecule has 114 valence electrons. The lowest BCUT2D eigenvalue weighted by Crippen LogP contribution is -2.50. The maximum atomic E-state index is 12.1. The average Bonchev–Trinajstić information content (AvgIpc) is 2.49. The summed E-state index contributed by atoms with van der Waals surface area (Å²) in [6.07, 6.45) is 0.369. The van der Waals surface area contributed by atoms with Crippen LogP contribution in [0.1, 0.15) is 18.9 Å². The van der Waals surface area contributed by atoms with Crippen LogP contribution in [0.25, 0.3) is 0 Å². The van der Waals surface area contributed by atoms with E-state index in [0.717, 1.165) is 5.75 Å². The van der Waals surface area contributed by atoms with Crippen LogP contribution in [0.3, 0.4) is 0 Å². The Morgan fingerprint density at radius 3 is 2.19 bits per heavy atom. The minimum Gasteiger partial charge on any atom is -0.493 e. The molecule has 0 saturated carbocycles. The summed E-state index contributed by atoms with van der Waals surface area (Å²) in [5.41, 5.74) is 1.18. The number of hydrogen-bond donors (Lipinski definition) is 0. The Bertz CT molecular complexity index is 491. The highest BCUT2D eigenvalue weighted by molar-refractivity contribution is 5.77. The minimum absolute atomic E-state index is 0.0739. The van der Waals surface area contributed by atoms with E-state index in [1.807, 2.05) is 31.2 Å². The second-order valence-electron chi connectivity index (χ2n) is 5.30. The van der Waals surface area contributed by atoms with Crippen molar-refractivity contribution in [1.29, 1.82) is 0 Å². The lowest BCUT2D eigenvalue weighted by Gasteiger charge is -2.34. The predicted octanol–water partition coefficient (Wildman–Crippen LogP) is 1.45. The quantitative estimate of drug-likeness (QED) is 0.843. The van der Waals surface area contributed by atoms with Crippen molar-refractivity contribution in [3.8, 4) is 5.75 Å². The van der Waals surface area contributed by atoms with Crippen LogP contribution in [0.4, 0.5) is 0 Å². The number of benzene rings is 1. The Morgan fingerprint density at radius 1 is 1.05 bits per heavy atom. The molecule has 1 aromatic carbocycles. The highest BCUT2D eigenvalue weighted by Crippen LogP contribution is 2.12. The Balaban J connectivity index is 1.70. The molecule has 2 rings (SSSR count). The Hall–Kier alpha value is -2.04. The number of amides is 2. The molecular formula is C16H22N2O3. The van der Waals surface area contributed by atoms with Crippen LogP contribution in [0.2, 0.25) is 0 Å². The lowest BCUT2D eigenvalue weighted by molar-refractivity contribution is -0.138. The van der Waals surface area contributed by atoms with Gasteiger partial charge >= 0.3 is 0 Å². The Kier molecular flexibility index (Phi) is 5.20. The summed E-state index contributed by atoms with van der Waals surface area (Å²) in [4.78, 5) is 26.9. The molecule has 0 N–H and O–H groups in total. The molecule has 21 heavy (non-hydrogen) atoms. The van der Waals surface area contributed by atoms with E-state index in [1.165, 1.54) is 5.56 Å². The van der Waals surface area contributed by atoms with E-state index in [1.54, 1.807) is 16.7 Å². The van der Waals surface area contributed by atoms with Gasteiger partial charge in [0.15, 0.2) is 0 Å². The van der Waals surface area contributed by atoms with E-state index in [4.69, 9.17) is 4.74 Å². The number of rotatable bonds is 4. The topological polar surface area (TPSA) is 49.9 Å². The lowest BCUT2D eigenvalue weighted by atomic mass is 10.2. The zero-order valence-electron chi connectivity index (χ0n) is 12.7. The van der Waals surface area contributed by atoms with Crippen LogP contribution in [0.15, 0.2) is 24.3 Å². The highest BCUT2D eigenvalue weighted by Gasteiger charge is 2.21. The number of aryl methyl sites for hydroxylation is 1. The fraction of sp³-hybridized carbons (Fsp3) is 0.500. The summed E-state index contributed by atoms with van der Waals surface area (Å²) in [7, 11) is 0. The number of carbonyl (C=O) groups is 2. The van der Waals surface area contributed by atoms with Crippen molar-refractivity contribution in [2.45, 2.75) is 20.3 Å². The summed E-state index contributed by atoms with van der Waals surface area (Å²) in [6.45, 7) is 6.45. The third-order valence-electron chi connectivity index (χ3n) is 3.68. The van der Waals surface area contributed by atoms with Gasteiger partial charge in [-0.2, -0.15) is 0 Å². The summed E-state index contributed by atoms with van der Waals surface area (Å²) >= 11 is 0. The maximum Gasteiger partial charge on any atom is 0.226 e. The average molecular weight is 290 g/mol. The monoisotopic (exact) mass is 290 g/mol. The van der Waals surface area contributed by atoms with Crippen molar-refractivity contribution in [2.75, 3.05) is 32.8 Å². The molecule has 0 aromatic heterocycles. The first-order valence-electron chi connectivity index (χ1n) is 7.29. The summed E-state index contributed by atoms with van der Waals surface area (Å²) < 4.78 is 5.57. The molecule has 0 atom stereocenters. The smallest absolute Gasteiger partial charge is 0.226 e. The van der Waals surface area contributed by atoms with E-state index >= 15 is 0 Å². The molecule has 1 aliphatic rings. The van der Waals surface area contributed by atoms with Crippen molar-refractivity contribution in [1.82, 2.24) is 9.80 Å². The van der Waals surface area contributed by atoms with Crippen molar-refractivity contribution >= 4 is 11.8 Å². The second kappa shape index (κ2) is 7.11. The van der Waals surface area contributed by atoms with E-state index in [2.05, 4.69) is 0 Å². The van der Waals surface area contributed by atoms with Crippen LogP contribution < -0.4 is 4.74 Å². The number of nitrogens with zero attached hydrogens (tertiary/aromatic N) is 2. The van der Waals surface area contributed by atoms with Gasteiger partial charge in [-0.1, -0.05) is 17.7 Å². The predicted molar refractivity (Wildman–Crippen MR) is 80.1 cm³/mol. The molecule has 1 aliphatic heterocycles. The van der Waals surface area contributed by atoms with Gasteiger partial charge in [0.25, 0.3) is 0 Å². The van der Waals surface area contributed by atoms with Gasteiger partial charge < -0.3 is 14.5 Å². The highest BCUT2D eigenvalue weighted by atomic mass is 16.5. The zero-order valence-corrected chi connectivity index (χ0v) is 12.7. The molecule has 1 saturated heterocycles. The standard InChI is InChI=1S/C16H22N2O3/c1-13-3-5-15(6-4-13)21-12-7-16(20)18-10-8-17(9-11-18)14(2)19/h3-6H,7-12H2,1-2H3. The number of hydrogen-bond acceptors (Lipinski definition) is 3. The molecule has 0 bridgehead atoms. The van der Waals surface area contributed by atoms with Crippen LogP contribution in [-0.2, 0) is 9.59 Å². The van der Waals surface area contributed by atoms with Crippen LogP contribution in [-0.4, -0.2) is 54.4 Å². The molecule has 0 radical (unpaired) electrons. The fourth-order valence-electron chi connectivity index (χ4n) is 2.32. The molecule has 5 nitrogen and oxygen atoms in total. The maximum absolute atomic E-state index is 12.1. The molecule has 0 spiro atoms. The Morgan fingerprint density at radius 2 is 1.62 bits per heavy atom. The molecule has 1 fully saturated rings. The third-order valence-corrected chi connectivity index (χ3v) is 3.68. The van der Waals surface area contributed by atoms with Crippen LogP contribution in [0, 0.1) is 6.92 Å². The van der Waals surface area contributed by atoms with Crippen molar-refractivity contribution in [3.05, 3.63) is 29.8 Å². The van der Waals surface area contributed by atoms with Gasteiger partial charge in [-0.05, 0) is 19.1 Å². The van der Waals surface area contributed by atoms with E-state index in [-0.39, 0.29) is 11.8 Å². The molecule has 1 heterocycles. The number of carbonyl (C=O) groups excluding carboxylic acids is 2. The molecule has 0 aliphatic carbocycles. The van der Waals surface area contributed by atoms with Crippen molar-refractivity contribution in [2.24, 2.45) is 0 Å². The van der Waals surface area contributed by atoms with Crippen LogP contribution >= 0.6 is 0 Å². The van der Waals surface area contributed by atoms with Gasteiger partial charge in [-0.25, -0.2) is 0 Å². The molecule has 5 heteroatoms. The first-order chi connectivity index (χ1) is 10.1. The van der Waals surface area contributed by atoms with Crippen molar-refractivity contribution < 1.29 is 14.3 Å². The normalized spacial score (nSPS) is 15.0. The fourth-order valence-corrected chi connectivity index (χ4v) is 2.32. The van der Waals surface area contributed by atoms with Crippen molar-refractivity contribution in [3.63, 3.8) is 0 Å². The van der Waals surface area contributed by atoms with Gasteiger partial charge in [-0.15, -0.1) is 0 Å². The SMILES string of the molecule is CC(=O)N1CCN(C(=O)CCOc2ccc(C)cc2)CC1. The van der Waals surface area contributed by atoms with Gasteiger partial charge in [0.05, 0.1) is 13.0 Å². The molecule has 0 unspecified atom stereocenters. The third kappa shape index (κ3) is 4.48. The largest absolute Gasteiger partial charge is 0.493 e. The Labute approximate surface area is 125 Å². The van der Waals surface area contributed by atoms with Gasteiger partial charge in [0.2, 0.25) is 11.8 Å². The number of ether oxygens (including phenoxy) is 1. The second-order valence-corrected chi connectivity index (χ2v) is 5.30. The van der Waals surface area contributed by atoms with E-state index in [9.17, 15) is 9.59 Å². The van der Waals surface area contributed by atoms with Crippen LogP contribution in [0.5, 0.6) is 5.75 Å². The summed E-state index contributed by atoms with van der Waals surface area (Å²) in [6, 6.07) is 7.78. The van der Waals surface area contributed by atoms with Gasteiger partial charge in [-0.3, -0.25) is 9.59 Å². The molecule has 2 amide bonds.